The van der Waals surface area contributed by atoms with Crippen LogP contribution in [0.15, 0.2) is 29.6 Å². The molecule has 0 aliphatic carbocycles. The van der Waals surface area contributed by atoms with Gasteiger partial charge in [0.05, 0.1) is 10.6 Å². The Morgan fingerprint density at radius 2 is 2.15 bits per heavy atom. The SMILES string of the molecule is CCNC(Cc1csc2ccccc12)c1snnc1C. The van der Waals surface area contributed by atoms with Crippen LogP contribution in [0.1, 0.15) is 29.1 Å². The molecule has 0 spiro atoms. The average molecular weight is 303 g/mol. The first kappa shape index (κ1) is 13.7. The van der Waals surface area contributed by atoms with E-state index in [1.165, 1.54) is 32.1 Å². The van der Waals surface area contributed by atoms with E-state index < -0.39 is 0 Å². The van der Waals surface area contributed by atoms with Gasteiger partial charge in [0.15, 0.2) is 0 Å². The quantitative estimate of drug-likeness (QED) is 0.775. The zero-order valence-electron chi connectivity index (χ0n) is 11.6. The van der Waals surface area contributed by atoms with E-state index in [9.17, 15) is 0 Å². The lowest BCUT2D eigenvalue weighted by Gasteiger charge is -2.16. The van der Waals surface area contributed by atoms with Gasteiger partial charge in [0.25, 0.3) is 0 Å². The zero-order chi connectivity index (χ0) is 13.9. The molecule has 5 heteroatoms. The minimum absolute atomic E-state index is 0.304. The molecule has 3 rings (SSSR count). The van der Waals surface area contributed by atoms with Crippen molar-refractivity contribution in [3.63, 3.8) is 0 Å². The van der Waals surface area contributed by atoms with E-state index in [0.29, 0.717) is 6.04 Å². The summed E-state index contributed by atoms with van der Waals surface area (Å²) in [5.74, 6) is 0. The Balaban J connectivity index is 1.92. The van der Waals surface area contributed by atoms with Crippen LogP contribution in [0.3, 0.4) is 0 Å². The van der Waals surface area contributed by atoms with E-state index in [1.54, 1.807) is 0 Å². The highest BCUT2D eigenvalue weighted by Crippen LogP contribution is 2.31. The van der Waals surface area contributed by atoms with Crippen LogP contribution in [-0.4, -0.2) is 16.1 Å². The standard InChI is InChI=1S/C15H17N3S2/c1-3-16-13(15-10(2)17-18-20-15)8-11-9-19-14-7-5-4-6-12(11)14/h4-7,9,13,16H,3,8H2,1-2H3. The number of hydrogen-bond donors (Lipinski definition) is 1. The van der Waals surface area contributed by atoms with Crippen LogP contribution in [0, 0.1) is 6.92 Å². The summed E-state index contributed by atoms with van der Waals surface area (Å²) in [7, 11) is 0. The second kappa shape index (κ2) is 5.99. The molecule has 0 amide bonds. The fourth-order valence-electron chi connectivity index (χ4n) is 2.47. The molecule has 3 aromatic rings. The molecule has 1 aromatic carbocycles. The highest BCUT2D eigenvalue weighted by atomic mass is 32.1. The van der Waals surface area contributed by atoms with Gasteiger partial charge in [-0.15, -0.1) is 16.4 Å². The maximum Gasteiger partial charge on any atom is 0.0772 e. The molecule has 20 heavy (non-hydrogen) atoms. The molecular weight excluding hydrogens is 286 g/mol. The molecule has 1 N–H and O–H groups in total. The van der Waals surface area contributed by atoms with Crippen molar-refractivity contribution in [1.82, 2.24) is 14.9 Å². The fourth-order valence-corrected chi connectivity index (χ4v) is 4.17. The summed E-state index contributed by atoms with van der Waals surface area (Å²) in [5, 5.41) is 11.4. The molecule has 2 heterocycles. The van der Waals surface area contributed by atoms with Gasteiger partial charge < -0.3 is 5.32 Å². The third kappa shape index (κ3) is 2.61. The van der Waals surface area contributed by atoms with Crippen molar-refractivity contribution in [2.75, 3.05) is 6.54 Å². The number of nitrogens with one attached hydrogen (secondary N) is 1. The first-order chi connectivity index (χ1) is 9.79. The summed E-state index contributed by atoms with van der Waals surface area (Å²) in [4.78, 5) is 1.25. The number of rotatable bonds is 5. The number of fused-ring (bicyclic) bond motifs is 1. The average Bonchev–Trinajstić information content (AvgIpc) is 3.05. The Morgan fingerprint density at radius 3 is 2.90 bits per heavy atom. The number of nitrogens with zero attached hydrogens (tertiary/aromatic N) is 2. The molecule has 0 saturated heterocycles. The molecule has 3 nitrogen and oxygen atoms in total. The molecule has 1 unspecified atom stereocenters. The first-order valence-electron chi connectivity index (χ1n) is 6.77. The van der Waals surface area contributed by atoms with E-state index in [2.05, 4.69) is 51.5 Å². The Hall–Kier alpha value is -1.30. The Kier molecular flexibility index (Phi) is 4.10. The van der Waals surface area contributed by atoms with Crippen molar-refractivity contribution in [2.45, 2.75) is 26.3 Å². The smallest absolute Gasteiger partial charge is 0.0772 e. The highest BCUT2D eigenvalue weighted by Gasteiger charge is 2.18. The lowest BCUT2D eigenvalue weighted by Crippen LogP contribution is -2.22. The van der Waals surface area contributed by atoms with Gasteiger partial charge in [-0.25, -0.2) is 0 Å². The van der Waals surface area contributed by atoms with E-state index in [1.807, 2.05) is 18.3 Å². The number of aromatic nitrogens is 2. The molecule has 0 aliphatic rings. The van der Waals surface area contributed by atoms with Gasteiger partial charge >= 0.3 is 0 Å². The molecule has 1 atom stereocenters. The number of aryl methyl sites for hydroxylation is 1. The molecule has 0 bridgehead atoms. The van der Waals surface area contributed by atoms with E-state index in [0.717, 1.165) is 18.7 Å². The Morgan fingerprint density at radius 1 is 1.30 bits per heavy atom. The van der Waals surface area contributed by atoms with Gasteiger partial charge in [-0.1, -0.05) is 29.6 Å². The Labute approximate surface area is 126 Å². The van der Waals surface area contributed by atoms with Gasteiger partial charge in [-0.05, 0) is 53.8 Å². The summed E-state index contributed by atoms with van der Waals surface area (Å²) < 4.78 is 5.43. The van der Waals surface area contributed by atoms with Gasteiger partial charge in [-0.2, -0.15) is 0 Å². The summed E-state index contributed by atoms with van der Waals surface area (Å²) in [5.41, 5.74) is 2.45. The third-order valence-electron chi connectivity index (χ3n) is 3.44. The van der Waals surface area contributed by atoms with Crippen molar-refractivity contribution in [1.29, 1.82) is 0 Å². The van der Waals surface area contributed by atoms with Crippen molar-refractivity contribution in [3.8, 4) is 0 Å². The molecule has 0 fully saturated rings. The van der Waals surface area contributed by atoms with Crippen molar-refractivity contribution in [2.24, 2.45) is 0 Å². The number of benzene rings is 1. The van der Waals surface area contributed by atoms with Gasteiger partial charge in [0.2, 0.25) is 0 Å². The minimum Gasteiger partial charge on any atom is -0.309 e. The van der Waals surface area contributed by atoms with Crippen molar-refractivity contribution < 1.29 is 0 Å². The van der Waals surface area contributed by atoms with Gasteiger partial charge in [0, 0.05) is 10.7 Å². The maximum atomic E-state index is 4.14. The summed E-state index contributed by atoms with van der Waals surface area (Å²) >= 11 is 3.32. The summed E-state index contributed by atoms with van der Waals surface area (Å²) in [6.45, 7) is 5.13. The lowest BCUT2D eigenvalue weighted by molar-refractivity contribution is 0.557. The topological polar surface area (TPSA) is 37.8 Å². The minimum atomic E-state index is 0.304. The van der Waals surface area contributed by atoms with Gasteiger partial charge in [-0.3, -0.25) is 0 Å². The fraction of sp³-hybridized carbons (Fsp3) is 0.333. The van der Waals surface area contributed by atoms with E-state index >= 15 is 0 Å². The second-order valence-corrected chi connectivity index (χ2v) is 6.49. The second-order valence-electron chi connectivity index (χ2n) is 4.79. The monoisotopic (exact) mass is 303 g/mol. The van der Waals surface area contributed by atoms with Crippen LogP contribution in [-0.2, 0) is 6.42 Å². The zero-order valence-corrected chi connectivity index (χ0v) is 13.2. The predicted octanol–water partition coefficient (Wildman–Crippen LogP) is 3.95. The van der Waals surface area contributed by atoms with Crippen molar-refractivity contribution in [3.05, 3.63) is 45.8 Å². The summed E-state index contributed by atoms with van der Waals surface area (Å²) in [6, 6.07) is 8.91. The van der Waals surface area contributed by atoms with Crippen LogP contribution in [0.25, 0.3) is 10.1 Å². The van der Waals surface area contributed by atoms with Crippen LogP contribution in [0.4, 0.5) is 0 Å². The molecule has 0 saturated carbocycles. The normalized spacial score (nSPS) is 12.9. The van der Waals surface area contributed by atoms with E-state index in [-0.39, 0.29) is 0 Å². The van der Waals surface area contributed by atoms with Crippen LogP contribution >= 0.6 is 22.9 Å². The third-order valence-corrected chi connectivity index (χ3v) is 5.39. The number of hydrogen-bond acceptors (Lipinski definition) is 5. The van der Waals surface area contributed by atoms with E-state index in [4.69, 9.17) is 0 Å². The maximum absolute atomic E-state index is 4.14. The van der Waals surface area contributed by atoms with Crippen molar-refractivity contribution >= 4 is 33.0 Å². The molecule has 2 aromatic heterocycles. The largest absolute Gasteiger partial charge is 0.309 e. The van der Waals surface area contributed by atoms with Crippen LogP contribution < -0.4 is 5.32 Å². The molecule has 0 aliphatic heterocycles. The molecule has 104 valence electrons. The number of thiophene rings is 1. The Bertz CT molecular complexity index is 702. The highest BCUT2D eigenvalue weighted by molar-refractivity contribution is 7.17. The molecule has 0 radical (unpaired) electrons. The van der Waals surface area contributed by atoms with Crippen LogP contribution in [0.2, 0.25) is 0 Å². The number of likely N-dealkylation sites (N-methyl/N-ethyl adjacent to an activating group) is 1. The predicted molar refractivity (Wildman–Crippen MR) is 86.6 cm³/mol. The lowest BCUT2D eigenvalue weighted by atomic mass is 10.0. The summed E-state index contributed by atoms with van der Waals surface area (Å²) in [6.07, 6.45) is 0.989. The molecular formula is C15H17N3S2. The first-order valence-corrected chi connectivity index (χ1v) is 8.42. The van der Waals surface area contributed by atoms with Crippen LogP contribution in [0.5, 0.6) is 0 Å². The van der Waals surface area contributed by atoms with Gasteiger partial charge in [0.1, 0.15) is 0 Å².